The highest BCUT2D eigenvalue weighted by Gasteiger charge is 2.49. The molecule has 37 heavy (non-hydrogen) atoms. The van der Waals surface area contributed by atoms with Gasteiger partial charge in [-0.25, -0.2) is 14.4 Å². The number of carboxylic acids is 1. The van der Waals surface area contributed by atoms with Gasteiger partial charge in [0.15, 0.2) is 0 Å². The number of hydrogen-bond acceptors (Lipinski definition) is 5. The third kappa shape index (κ3) is 5.56. The van der Waals surface area contributed by atoms with E-state index in [9.17, 15) is 19.5 Å². The van der Waals surface area contributed by atoms with Crippen molar-refractivity contribution in [2.45, 2.75) is 37.6 Å². The molecule has 1 fully saturated rings. The van der Waals surface area contributed by atoms with Gasteiger partial charge in [0, 0.05) is 18.8 Å². The Bertz CT molecular complexity index is 1180. The molecular formula is C29H30N2O6. The van der Waals surface area contributed by atoms with Crippen LogP contribution in [0.1, 0.15) is 42.7 Å². The van der Waals surface area contributed by atoms with Crippen molar-refractivity contribution in [2.75, 3.05) is 19.8 Å². The Hall–Kier alpha value is -3.99. The number of carbonyl (C=O) groups is 3. The maximum absolute atomic E-state index is 12.5. The minimum absolute atomic E-state index is 0.0659. The number of aliphatic carboxylic acids is 1. The Labute approximate surface area is 215 Å². The number of amides is 2. The summed E-state index contributed by atoms with van der Waals surface area (Å²) in [6.45, 7) is 0.0544. The maximum Gasteiger partial charge on any atom is 0.407 e. The summed E-state index contributed by atoms with van der Waals surface area (Å²) in [4.78, 5) is 36.3. The molecule has 192 valence electrons. The highest BCUT2D eigenvalue weighted by Crippen LogP contribution is 2.52. The van der Waals surface area contributed by atoms with Gasteiger partial charge in [0.25, 0.3) is 0 Å². The third-order valence-electron chi connectivity index (χ3n) is 7.63. The van der Waals surface area contributed by atoms with E-state index in [1.807, 2.05) is 48.5 Å². The van der Waals surface area contributed by atoms with E-state index in [4.69, 9.17) is 9.47 Å². The molecule has 8 heteroatoms. The summed E-state index contributed by atoms with van der Waals surface area (Å²) >= 11 is 0. The molecule has 0 aromatic heterocycles. The second-order valence-electron chi connectivity index (χ2n) is 9.76. The van der Waals surface area contributed by atoms with Crippen LogP contribution < -0.4 is 10.6 Å². The first-order valence-corrected chi connectivity index (χ1v) is 12.7. The second-order valence-corrected chi connectivity index (χ2v) is 9.76. The van der Waals surface area contributed by atoms with E-state index in [1.54, 1.807) is 0 Å². The molecule has 0 unspecified atom stereocenters. The molecule has 3 aliphatic rings. The Balaban J connectivity index is 1.08. The predicted molar refractivity (Wildman–Crippen MR) is 136 cm³/mol. The van der Waals surface area contributed by atoms with Crippen LogP contribution in [0.15, 0.2) is 48.5 Å². The van der Waals surface area contributed by atoms with Crippen LogP contribution in [-0.2, 0) is 14.3 Å². The topological polar surface area (TPSA) is 114 Å². The minimum atomic E-state index is -1.35. The molecule has 0 heterocycles. The van der Waals surface area contributed by atoms with Crippen LogP contribution >= 0.6 is 0 Å². The number of carbonyl (C=O) groups excluding carboxylic acids is 2. The summed E-state index contributed by atoms with van der Waals surface area (Å²) in [5.74, 6) is 6.31. The Kier molecular flexibility index (Phi) is 7.31. The zero-order chi connectivity index (χ0) is 25.8. The average molecular weight is 503 g/mol. The molecule has 3 N–H and O–H groups in total. The van der Waals surface area contributed by atoms with Crippen molar-refractivity contribution >= 4 is 18.2 Å². The molecule has 0 bridgehead atoms. The molecule has 0 spiro atoms. The summed E-state index contributed by atoms with van der Waals surface area (Å²) in [5, 5.41) is 14.3. The number of rotatable bonds is 8. The zero-order valence-electron chi connectivity index (χ0n) is 20.4. The Morgan fingerprint density at radius 1 is 0.865 bits per heavy atom. The largest absolute Gasteiger partial charge is 0.480 e. The number of carboxylic acid groups (broad SMARTS) is 1. The number of alkyl carbamates (subject to hydrolysis) is 2. The molecule has 0 radical (unpaired) electrons. The molecule has 2 aromatic carbocycles. The first-order valence-electron chi connectivity index (χ1n) is 12.7. The summed E-state index contributed by atoms with van der Waals surface area (Å²) in [6, 6.07) is 14.5. The van der Waals surface area contributed by atoms with E-state index in [0.717, 1.165) is 47.9 Å². The van der Waals surface area contributed by atoms with Crippen LogP contribution in [0.25, 0.3) is 11.1 Å². The molecule has 0 saturated heterocycles. The zero-order valence-corrected chi connectivity index (χ0v) is 20.4. The van der Waals surface area contributed by atoms with Gasteiger partial charge in [0.05, 0.1) is 13.2 Å². The lowest BCUT2D eigenvalue weighted by atomic mass is 9.98. The van der Waals surface area contributed by atoms with Crippen molar-refractivity contribution in [3.63, 3.8) is 0 Å². The fourth-order valence-corrected chi connectivity index (χ4v) is 5.67. The summed E-state index contributed by atoms with van der Waals surface area (Å²) in [7, 11) is 0. The average Bonchev–Trinajstić information content (AvgIpc) is 3.42. The van der Waals surface area contributed by atoms with E-state index < -0.39 is 24.2 Å². The molecular weight excluding hydrogens is 472 g/mol. The van der Waals surface area contributed by atoms with Crippen LogP contribution in [0.3, 0.4) is 0 Å². The summed E-state index contributed by atoms with van der Waals surface area (Å²) in [6.07, 6.45) is 2.26. The van der Waals surface area contributed by atoms with Gasteiger partial charge in [0.2, 0.25) is 0 Å². The fraction of sp³-hybridized carbons (Fsp3) is 0.414. The lowest BCUT2D eigenvalue weighted by Gasteiger charge is -2.18. The maximum atomic E-state index is 12.5. The van der Waals surface area contributed by atoms with Crippen LogP contribution in [0.4, 0.5) is 9.59 Å². The van der Waals surface area contributed by atoms with Gasteiger partial charge in [-0.15, -0.1) is 11.8 Å². The summed E-state index contributed by atoms with van der Waals surface area (Å²) < 4.78 is 10.7. The van der Waals surface area contributed by atoms with Gasteiger partial charge in [-0.1, -0.05) is 48.5 Å². The van der Waals surface area contributed by atoms with Crippen LogP contribution in [0.5, 0.6) is 0 Å². The minimum Gasteiger partial charge on any atom is -0.480 e. The first kappa shape index (κ1) is 24.7. The molecule has 0 aliphatic heterocycles. The van der Waals surface area contributed by atoms with E-state index in [-0.39, 0.29) is 19.1 Å². The summed E-state index contributed by atoms with van der Waals surface area (Å²) in [5.41, 5.74) is 4.32. The predicted octanol–water partition coefficient (Wildman–Crippen LogP) is 4.14. The number of hydrogen-bond donors (Lipinski definition) is 3. The lowest BCUT2D eigenvalue weighted by molar-refractivity contribution is -0.139. The number of ether oxygens (including phenoxy) is 2. The van der Waals surface area contributed by atoms with Crippen molar-refractivity contribution < 1.29 is 29.0 Å². The fourth-order valence-electron chi connectivity index (χ4n) is 5.67. The van der Waals surface area contributed by atoms with Gasteiger partial charge in [-0.3, -0.25) is 0 Å². The van der Waals surface area contributed by atoms with Crippen LogP contribution in [-0.4, -0.2) is 49.1 Å². The standard InChI is InChI=1S/C29H30N2O6/c32-27(33)26(15-30-28(34)36-16-24-22-9-3-1-2-4-10-23(22)24)31-29(35)37-17-25-20-13-7-5-11-18(20)19-12-6-8-14-21(19)25/h5-8,11-14,22-26H,3-4,9-10,15-17H2,(H,30,34)(H,31,35)(H,32,33)/t22-,23+,24-,26-/m1/s1. The SMILES string of the molecule is O=C(NC[C@@H](NC(=O)OCC1c2ccccc2-c2ccccc21)C(=O)O)OC[C@@H]1[C@@H]2CCC#CCC[C@@H]21. The normalized spacial score (nSPS) is 21.9. The quantitative estimate of drug-likeness (QED) is 0.468. The molecule has 2 amide bonds. The van der Waals surface area contributed by atoms with E-state index in [2.05, 4.69) is 22.5 Å². The molecule has 8 nitrogen and oxygen atoms in total. The van der Waals surface area contributed by atoms with Gasteiger partial charge < -0.3 is 25.2 Å². The van der Waals surface area contributed by atoms with Crippen LogP contribution in [0.2, 0.25) is 0 Å². The second kappa shape index (κ2) is 11.0. The van der Waals surface area contributed by atoms with E-state index in [0.29, 0.717) is 24.4 Å². The molecule has 5 rings (SSSR count). The lowest BCUT2D eigenvalue weighted by Crippen LogP contribution is -2.48. The highest BCUT2D eigenvalue weighted by atomic mass is 16.6. The van der Waals surface area contributed by atoms with Crippen molar-refractivity contribution in [2.24, 2.45) is 17.8 Å². The van der Waals surface area contributed by atoms with Gasteiger partial charge in [-0.2, -0.15) is 0 Å². The van der Waals surface area contributed by atoms with Crippen LogP contribution in [0, 0.1) is 29.6 Å². The van der Waals surface area contributed by atoms with Gasteiger partial charge in [0.1, 0.15) is 12.6 Å². The molecule has 1 saturated carbocycles. The first-order chi connectivity index (χ1) is 18.0. The third-order valence-corrected chi connectivity index (χ3v) is 7.63. The Morgan fingerprint density at radius 3 is 2.03 bits per heavy atom. The van der Waals surface area contributed by atoms with Crippen molar-refractivity contribution in [3.05, 3.63) is 59.7 Å². The monoisotopic (exact) mass is 502 g/mol. The number of fused-ring (bicyclic) bond motifs is 4. The number of nitrogens with one attached hydrogen (secondary N) is 2. The smallest absolute Gasteiger partial charge is 0.407 e. The molecule has 4 atom stereocenters. The number of benzene rings is 2. The van der Waals surface area contributed by atoms with E-state index >= 15 is 0 Å². The van der Waals surface area contributed by atoms with Crippen molar-refractivity contribution in [1.82, 2.24) is 10.6 Å². The molecule has 2 aromatic rings. The molecule has 3 aliphatic carbocycles. The van der Waals surface area contributed by atoms with Crippen molar-refractivity contribution in [1.29, 1.82) is 0 Å². The van der Waals surface area contributed by atoms with Crippen molar-refractivity contribution in [3.8, 4) is 23.0 Å². The highest BCUT2D eigenvalue weighted by molar-refractivity contribution is 5.81. The van der Waals surface area contributed by atoms with E-state index in [1.165, 1.54) is 0 Å². The van der Waals surface area contributed by atoms with Gasteiger partial charge >= 0.3 is 18.2 Å². The Morgan fingerprint density at radius 2 is 1.43 bits per heavy atom. The van der Waals surface area contributed by atoms with Gasteiger partial charge in [-0.05, 0) is 52.8 Å².